The number of aryl methyl sites for hydroxylation is 1. The van der Waals surface area contributed by atoms with Gasteiger partial charge in [-0.3, -0.25) is 19.6 Å². The van der Waals surface area contributed by atoms with E-state index in [4.69, 9.17) is 13.9 Å². The number of hydrogen-bond donors (Lipinski definition) is 5. The molecule has 5 N–H and O–H groups in total. The molecule has 0 fully saturated rings. The molecule has 5 aromatic rings. The smallest absolute Gasteiger partial charge is 0.417 e. The summed E-state index contributed by atoms with van der Waals surface area (Å²) in [4.78, 5) is 63.0. The summed E-state index contributed by atoms with van der Waals surface area (Å²) in [6.07, 6.45) is 6.49. The van der Waals surface area contributed by atoms with Gasteiger partial charge in [-0.15, -0.1) is 0 Å². The Morgan fingerprint density at radius 3 is 2.17 bits per heavy atom. The minimum atomic E-state index is -1.32. The van der Waals surface area contributed by atoms with Crippen molar-refractivity contribution in [1.29, 1.82) is 10.5 Å². The largest absolute Gasteiger partial charge is 0.508 e. The number of fused-ring (bicyclic) bond motifs is 2. The fraction of sp³-hybridized carbons (Fsp3) is 0.125. The average molecular weight is 731 g/mol. The van der Waals surface area contributed by atoms with E-state index in [1.807, 2.05) is 26.0 Å². The number of nitrogens with zero attached hydrogens (tertiary/aromatic N) is 2. The molecule has 0 aliphatic carbocycles. The van der Waals surface area contributed by atoms with Crippen LogP contribution in [0.15, 0.2) is 126 Å². The van der Waals surface area contributed by atoms with Gasteiger partial charge in [0.05, 0.1) is 16.6 Å². The molecule has 0 radical (unpaired) electrons. The van der Waals surface area contributed by atoms with E-state index in [-0.39, 0.29) is 46.5 Å². The van der Waals surface area contributed by atoms with Crippen LogP contribution in [0.2, 0.25) is 0 Å². The quantitative estimate of drug-likeness (QED) is 0.0314. The zero-order valence-corrected chi connectivity index (χ0v) is 29.3. The zero-order chi connectivity index (χ0) is 39.9. The second-order valence-corrected chi connectivity index (χ2v) is 10.9. The topological polar surface area (TPSA) is 251 Å². The van der Waals surface area contributed by atoms with Gasteiger partial charge in [0.1, 0.15) is 34.8 Å². The highest BCUT2D eigenvalue weighted by molar-refractivity contribution is 6.14. The summed E-state index contributed by atoms with van der Waals surface area (Å²) in [5.74, 6) is -3.76. The number of carboxylic acid groups (broad SMARTS) is 1. The summed E-state index contributed by atoms with van der Waals surface area (Å²) >= 11 is 0. The number of phenolic OH excluding ortho intramolecular Hbond substituents is 1. The van der Waals surface area contributed by atoms with Crippen molar-refractivity contribution < 1.29 is 38.5 Å². The minimum Gasteiger partial charge on any atom is -0.508 e. The highest BCUT2D eigenvalue weighted by Gasteiger charge is 2.15. The van der Waals surface area contributed by atoms with Gasteiger partial charge in [-0.25, -0.2) is 14.4 Å². The number of aromatic hydroxyl groups is 1. The van der Waals surface area contributed by atoms with Crippen LogP contribution in [-0.4, -0.2) is 42.8 Å². The van der Waals surface area contributed by atoms with Crippen LogP contribution in [0.1, 0.15) is 47.3 Å². The Balaban J connectivity index is 0.000000280. The molecule has 3 aromatic carbocycles. The highest BCUT2D eigenvalue weighted by atomic mass is 16.4. The van der Waals surface area contributed by atoms with Gasteiger partial charge in [0, 0.05) is 12.0 Å². The van der Waals surface area contributed by atoms with Crippen LogP contribution in [0.3, 0.4) is 0 Å². The van der Waals surface area contributed by atoms with Gasteiger partial charge >= 0.3 is 17.5 Å². The van der Waals surface area contributed by atoms with Crippen molar-refractivity contribution in [3.8, 4) is 17.9 Å². The Kier molecular flexibility index (Phi) is 14.4. The van der Waals surface area contributed by atoms with Gasteiger partial charge in [-0.2, -0.15) is 10.5 Å². The highest BCUT2D eigenvalue weighted by Crippen LogP contribution is 2.21. The predicted octanol–water partition coefficient (Wildman–Crippen LogP) is 6.66. The monoisotopic (exact) mass is 730 g/mol. The third kappa shape index (κ3) is 10.6. The van der Waals surface area contributed by atoms with Gasteiger partial charge in [0.25, 0.3) is 0 Å². The Hall–Kier alpha value is -7.71. The number of carbonyl (C=O) groups is 3. The maximum atomic E-state index is 12.5. The van der Waals surface area contributed by atoms with Gasteiger partial charge in [-0.1, -0.05) is 50.8 Å². The number of aliphatic hydroxyl groups is 1. The van der Waals surface area contributed by atoms with Gasteiger partial charge in [0.15, 0.2) is 16.9 Å². The number of carbonyl (C=O) groups excluding carboxylic acids is 2. The Labute approximate surface area is 307 Å². The number of phenols is 1. The molecule has 2 heterocycles. The van der Waals surface area contributed by atoms with E-state index in [1.54, 1.807) is 43.3 Å². The first-order chi connectivity index (χ1) is 25.8. The number of rotatable bonds is 11. The van der Waals surface area contributed by atoms with Gasteiger partial charge in [0.2, 0.25) is 5.78 Å². The number of aliphatic carboxylic acids is 1. The van der Waals surface area contributed by atoms with Crippen LogP contribution in [0, 0.1) is 29.6 Å². The van der Waals surface area contributed by atoms with Crippen molar-refractivity contribution in [2.75, 3.05) is 0 Å². The molecule has 0 saturated carbocycles. The van der Waals surface area contributed by atoms with Crippen molar-refractivity contribution in [3.05, 3.63) is 151 Å². The number of allylic oxidation sites excluding steroid dienone is 5. The maximum absolute atomic E-state index is 12.5. The van der Waals surface area contributed by atoms with Gasteiger partial charge in [-0.05, 0) is 84.7 Å². The molecule has 54 heavy (non-hydrogen) atoms. The summed E-state index contributed by atoms with van der Waals surface area (Å²) < 4.78 is 9.81. The number of carboxylic acids is 1. The van der Waals surface area contributed by atoms with Crippen LogP contribution in [-0.2, 0) is 16.0 Å². The first-order valence-electron chi connectivity index (χ1n) is 16.1. The molecule has 2 aromatic heterocycles. The third-order valence-corrected chi connectivity index (χ3v) is 7.29. The number of benzene rings is 3. The number of hydrogen-bond acceptors (Lipinski definition) is 11. The molecule has 0 aliphatic heterocycles. The number of aromatic amines is 2. The molecule has 14 nitrogen and oxygen atoms in total. The van der Waals surface area contributed by atoms with Crippen LogP contribution in [0.4, 0.5) is 0 Å². The van der Waals surface area contributed by atoms with Crippen LogP contribution >= 0.6 is 0 Å². The van der Waals surface area contributed by atoms with E-state index in [2.05, 4.69) is 16.5 Å². The number of H-pyrrole nitrogens is 2. The Morgan fingerprint density at radius 2 is 1.54 bits per heavy atom. The minimum absolute atomic E-state index is 0.0446. The standard InChI is InChI=1S/C20H16N2O6.C18H12N2O4.C2H6/c1-2-14(19(25)26)16(23)6-4-3-5-13(11-21)17(24)10-12-7-8-18-15(9-12)22-20(27)28-18;1-10-6-11(2-5-15(10)21)7-13(9-19)17(22)12-3-4-14-16(8-12)24-18(23)20-14;1-2/h2,4-9,23H,1,3,10H2,(H,22,27)(H,25,26);2-8,21H,1H3,(H,20,23);1-2H3/b6-4-,13-5+,16-14-;13-7+;. The van der Waals surface area contributed by atoms with Crippen LogP contribution in [0.25, 0.3) is 28.3 Å². The molecule has 274 valence electrons. The molecule has 0 atom stereocenters. The second-order valence-electron chi connectivity index (χ2n) is 10.9. The molecule has 5 rings (SSSR count). The van der Waals surface area contributed by atoms with Crippen molar-refractivity contribution in [2.45, 2.75) is 33.6 Å². The fourth-order valence-corrected chi connectivity index (χ4v) is 4.69. The summed E-state index contributed by atoms with van der Waals surface area (Å²) in [6, 6.07) is 17.8. The van der Waals surface area contributed by atoms with Crippen molar-refractivity contribution in [2.24, 2.45) is 0 Å². The van der Waals surface area contributed by atoms with Crippen molar-refractivity contribution >= 4 is 45.8 Å². The Morgan fingerprint density at radius 1 is 0.870 bits per heavy atom. The number of aliphatic hydroxyl groups excluding tert-OH is 1. The first kappa shape index (κ1) is 40.7. The average Bonchev–Trinajstić information content (AvgIpc) is 3.72. The molecule has 0 unspecified atom stereocenters. The summed E-state index contributed by atoms with van der Waals surface area (Å²) in [5.41, 5.74) is 3.19. The lowest BCUT2D eigenvalue weighted by molar-refractivity contribution is -0.132. The normalized spacial score (nSPS) is 11.7. The number of nitrogens with one attached hydrogen (secondary N) is 2. The molecule has 0 aliphatic rings. The summed E-state index contributed by atoms with van der Waals surface area (Å²) in [7, 11) is 0. The van der Waals surface area contributed by atoms with E-state index in [0.29, 0.717) is 33.3 Å². The molecule has 0 bridgehead atoms. The SMILES string of the molecule is C=C/C(C(=O)O)=C(O)\C=C/C/C=C(\C#N)C(=O)Cc1ccc2oc(=O)[nH]c2c1.CC.Cc1cc(/C=C(\C#N)C(=O)c2ccc3[nH]c(=O)oc3c2)ccc1O. The molecule has 0 spiro atoms. The van der Waals surface area contributed by atoms with E-state index < -0.39 is 34.8 Å². The molecule has 0 amide bonds. The van der Waals surface area contributed by atoms with E-state index in [9.17, 15) is 44.7 Å². The second kappa shape index (κ2) is 19.1. The van der Waals surface area contributed by atoms with Crippen LogP contribution < -0.4 is 11.5 Å². The number of Topliss-reactive ketones (excluding diaryl/α,β-unsaturated/α-hetero) is 2. The van der Waals surface area contributed by atoms with Crippen molar-refractivity contribution in [3.63, 3.8) is 0 Å². The summed E-state index contributed by atoms with van der Waals surface area (Å²) in [5, 5.41) is 46.5. The van der Waals surface area contributed by atoms with E-state index in [0.717, 1.165) is 12.2 Å². The lowest BCUT2D eigenvalue weighted by atomic mass is 10.0. The van der Waals surface area contributed by atoms with E-state index in [1.165, 1.54) is 36.4 Å². The number of oxazole rings is 2. The first-order valence-corrected chi connectivity index (χ1v) is 16.1. The molecular weight excluding hydrogens is 696 g/mol. The maximum Gasteiger partial charge on any atom is 0.417 e. The molecular formula is C40H34N4O10. The Bertz CT molecular complexity index is 2560. The molecule has 14 heteroatoms. The number of ketones is 2. The lowest BCUT2D eigenvalue weighted by Gasteiger charge is -2.02. The van der Waals surface area contributed by atoms with Gasteiger partial charge < -0.3 is 24.2 Å². The zero-order valence-electron chi connectivity index (χ0n) is 29.3. The van der Waals surface area contributed by atoms with Crippen LogP contribution in [0.5, 0.6) is 5.75 Å². The number of nitriles is 2. The third-order valence-electron chi connectivity index (χ3n) is 7.29. The predicted molar refractivity (Wildman–Crippen MR) is 199 cm³/mol. The lowest BCUT2D eigenvalue weighted by Crippen LogP contribution is -2.05. The summed E-state index contributed by atoms with van der Waals surface area (Å²) in [6.45, 7) is 9.02. The van der Waals surface area contributed by atoms with E-state index >= 15 is 0 Å². The number of aromatic nitrogens is 2. The fourth-order valence-electron chi connectivity index (χ4n) is 4.69. The van der Waals surface area contributed by atoms with Crippen molar-refractivity contribution in [1.82, 2.24) is 9.97 Å². The molecule has 0 saturated heterocycles.